The number of nitrogens with two attached hydrogens (primary N) is 1. The van der Waals surface area contributed by atoms with E-state index >= 15 is 0 Å². The second-order valence-electron chi connectivity index (χ2n) is 2.62. The predicted octanol–water partition coefficient (Wildman–Crippen LogP) is 0.557. The number of carbonyl (C=O) groups is 1. The van der Waals surface area contributed by atoms with E-state index in [0.717, 1.165) is 5.75 Å². The van der Waals surface area contributed by atoms with Gasteiger partial charge in [-0.2, -0.15) is 11.8 Å². The third kappa shape index (κ3) is 3.60. The van der Waals surface area contributed by atoms with Gasteiger partial charge in [0.2, 0.25) is 11.0 Å². The van der Waals surface area contributed by atoms with E-state index in [9.17, 15) is 4.79 Å². The van der Waals surface area contributed by atoms with E-state index in [1.807, 2.05) is 6.26 Å². The van der Waals surface area contributed by atoms with E-state index in [2.05, 4.69) is 15.5 Å². The third-order valence-electron chi connectivity index (χ3n) is 1.56. The van der Waals surface area contributed by atoms with E-state index in [1.165, 1.54) is 11.3 Å². The van der Waals surface area contributed by atoms with Crippen LogP contribution in [0.2, 0.25) is 0 Å². The smallest absolute Gasteiger partial charge is 0.243 e. The molecule has 0 spiro atoms. The number of anilines is 1. The summed E-state index contributed by atoms with van der Waals surface area (Å²) in [5.74, 6) is 0.681. The molecule has 1 aromatic heterocycles. The average molecular weight is 232 g/mol. The Balaban J connectivity index is 2.34. The molecule has 7 heteroatoms. The molecular weight excluding hydrogens is 220 g/mol. The highest BCUT2D eigenvalue weighted by Gasteiger charge is 2.13. The summed E-state index contributed by atoms with van der Waals surface area (Å²) < 4.78 is 0. The average Bonchev–Trinajstić information content (AvgIpc) is 2.66. The maximum Gasteiger partial charge on any atom is 0.243 e. The van der Waals surface area contributed by atoms with Crippen LogP contribution < -0.4 is 11.1 Å². The maximum atomic E-state index is 11.4. The summed E-state index contributed by atoms with van der Waals surface area (Å²) in [7, 11) is 0. The predicted molar refractivity (Wildman–Crippen MR) is 59.5 cm³/mol. The highest BCUT2D eigenvalue weighted by molar-refractivity contribution is 7.98. The number of aromatic nitrogens is 2. The van der Waals surface area contributed by atoms with Crippen LogP contribution in [-0.2, 0) is 4.79 Å². The lowest BCUT2D eigenvalue weighted by Crippen LogP contribution is -2.36. The molecule has 1 aromatic rings. The molecule has 1 amide bonds. The lowest BCUT2D eigenvalue weighted by molar-refractivity contribution is -0.117. The Hall–Kier alpha value is -0.660. The molecule has 1 atom stereocenters. The van der Waals surface area contributed by atoms with E-state index in [4.69, 9.17) is 5.73 Å². The van der Waals surface area contributed by atoms with Gasteiger partial charge in [-0.15, -0.1) is 10.2 Å². The van der Waals surface area contributed by atoms with Gasteiger partial charge in [0.05, 0.1) is 6.04 Å². The molecule has 0 unspecified atom stereocenters. The number of amides is 1. The molecule has 0 fully saturated rings. The minimum absolute atomic E-state index is 0.198. The van der Waals surface area contributed by atoms with Gasteiger partial charge in [0, 0.05) is 0 Å². The molecule has 0 aliphatic carbocycles. The molecule has 78 valence electrons. The Labute approximate surface area is 90.5 Å². The maximum absolute atomic E-state index is 11.4. The molecule has 1 heterocycles. The normalized spacial score (nSPS) is 12.4. The van der Waals surface area contributed by atoms with Crippen molar-refractivity contribution in [1.29, 1.82) is 0 Å². The van der Waals surface area contributed by atoms with Gasteiger partial charge < -0.3 is 5.73 Å². The van der Waals surface area contributed by atoms with Crippen molar-refractivity contribution in [3.05, 3.63) is 5.51 Å². The quantitative estimate of drug-likeness (QED) is 0.775. The summed E-state index contributed by atoms with van der Waals surface area (Å²) in [5.41, 5.74) is 7.21. The van der Waals surface area contributed by atoms with Gasteiger partial charge in [-0.3, -0.25) is 10.1 Å². The molecule has 0 radical (unpaired) electrons. The summed E-state index contributed by atoms with van der Waals surface area (Å²) >= 11 is 2.95. The van der Waals surface area contributed by atoms with Crippen molar-refractivity contribution in [3.63, 3.8) is 0 Å². The lowest BCUT2D eigenvalue weighted by Gasteiger charge is -2.08. The number of nitrogens with one attached hydrogen (secondary N) is 1. The van der Waals surface area contributed by atoms with E-state index in [-0.39, 0.29) is 5.91 Å². The highest BCUT2D eigenvalue weighted by atomic mass is 32.2. The minimum atomic E-state index is -0.466. The molecule has 0 saturated heterocycles. The zero-order valence-electron chi connectivity index (χ0n) is 7.77. The van der Waals surface area contributed by atoms with Crippen LogP contribution in [0, 0.1) is 0 Å². The lowest BCUT2D eigenvalue weighted by atomic mass is 10.2. The van der Waals surface area contributed by atoms with Crippen LogP contribution in [0.5, 0.6) is 0 Å². The fraction of sp³-hybridized carbons (Fsp3) is 0.571. The molecule has 5 nitrogen and oxygen atoms in total. The minimum Gasteiger partial charge on any atom is -0.320 e. The van der Waals surface area contributed by atoms with Gasteiger partial charge in [0.15, 0.2) is 0 Å². The number of rotatable bonds is 5. The molecule has 0 saturated carbocycles. The second-order valence-corrected chi connectivity index (χ2v) is 4.44. The molecule has 0 aromatic carbocycles. The molecular formula is C7H12N4OS2. The van der Waals surface area contributed by atoms with Crippen molar-refractivity contribution in [2.75, 3.05) is 17.3 Å². The summed E-state index contributed by atoms with van der Waals surface area (Å²) in [6.07, 6.45) is 2.65. The molecule has 1 rings (SSSR count). The van der Waals surface area contributed by atoms with Gasteiger partial charge in [0.25, 0.3) is 0 Å². The number of thioether (sulfide) groups is 1. The zero-order valence-corrected chi connectivity index (χ0v) is 9.40. The Morgan fingerprint density at radius 2 is 2.64 bits per heavy atom. The standard InChI is InChI=1S/C7H12N4OS2/c1-13-3-2-5(8)6(12)10-7-11-9-4-14-7/h4-5H,2-3,8H2,1H3,(H,10,11,12)/t5-/m1/s1. The van der Waals surface area contributed by atoms with Gasteiger partial charge in [-0.1, -0.05) is 11.3 Å². The van der Waals surface area contributed by atoms with Crippen molar-refractivity contribution >= 4 is 34.1 Å². The van der Waals surface area contributed by atoms with Crippen molar-refractivity contribution in [1.82, 2.24) is 10.2 Å². The second kappa shape index (κ2) is 5.94. The van der Waals surface area contributed by atoms with Crippen molar-refractivity contribution in [2.45, 2.75) is 12.5 Å². The Bertz CT molecular complexity index is 277. The molecule has 3 N–H and O–H groups in total. The largest absolute Gasteiger partial charge is 0.320 e. The topological polar surface area (TPSA) is 80.9 Å². The summed E-state index contributed by atoms with van der Waals surface area (Å²) in [4.78, 5) is 11.4. The third-order valence-corrected chi connectivity index (χ3v) is 2.81. The van der Waals surface area contributed by atoms with Gasteiger partial charge in [-0.05, 0) is 18.4 Å². The monoisotopic (exact) mass is 232 g/mol. The van der Waals surface area contributed by atoms with Gasteiger partial charge in [0.1, 0.15) is 5.51 Å². The fourth-order valence-corrected chi connectivity index (χ4v) is 1.74. The molecule has 0 aliphatic heterocycles. The van der Waals surface area contributed by atoms with Crippen LogP contribution in [0.15, 0.2) is 5.51 Å². The molecule has 0 bridgehead atoms. The first kappa shape index (κ1) is 11.4. The van der Waals surface area contributed by atoms with Crippen LogP contribution in [0.4, 0.5) is 5.13 Å². The Kier molecular flexibility index (Phi) is 4.85. The fourth-order valence-electron chi connectivity index (χ4n) is 0.802. The SMILES string of the molecule is CSCC[C@@H](N)C(=O)Nc1nncs1. The van der Waals surface area contributed by atoms with Crippen LogP contribution >= 0.6 is 23.1 Å². The van der Waals surface area contributed by atoms with Crippen LogP contribution in [0.25, 0.3) is 0 Å². The van der Waals surface area contributed by atoms with Crippen molar-refractivity contribution < 1.29 is 4.79 Å². The number of carbonyl (C=O) groups excluding carboxylic acids is 1. The summed E-state index contributed by atoms with van der Waals surface area (Å²) in [6.45, 7) is 0. The van der Waals surface area contributed by atoms with E-state index in [1.54, 1.807) is 17.3 Å². The molecule has 14 heavy (non-hydrogen) atoms. The first-order valence-electron chi connectivity index (χ1n) is 4.05. The summed E-state index contributed by atoms with van der Waals surface area (Å²) in [6, 6.07) is -0.466. The number of hydrogen-bond acceptors (Lipinski definition) is 6. The van der Waals surface area contributed by atoms with Gasteiger partial charge in [-0.25, -0.2) is 0 Å². The Morgan fingerprint density at radius 3 is 3.21 bits per heavy atom. The number of hydrogen-bond donors (Lipinski definition) is 2. The first-order valence-corrected chi connectivity index (χ1v) is 6.33. The summed E-state index contributed by atoms with van der Waals surface area (Å²) in [5, 5.41) is 10.4. The first-order chi connectivity index (χ1) is 6.74. The zero-order chi connectivity index (χ0) is 10.4. The molecule has 0 aliphatic rings. The number of nitrogens with zero attached hydrogens (tertiary/aromatic N) is 2. The van der Waals surface area contributed by atoms with Crippen molar-refractivity contribution in [3.8, 4) is 0 Å². The van der Waals surface area contributed by atoms with Crippen LogP contribution in [-0.4, -0.2) is 34.2 Å². The Morgan fingerprint density at radius 1 is 1.86 bits per heavy atom. The highest BCUT2D eigenvalue weighted by Crippen LogP contribution is 2.09. The van der Waals surface area contributed by atoms with Gasteiger partial charge >= 0.3 is 0 Å². The van der Waals surface area contributed by atoms with Crippen LogP contribution in [0.3, 0.4) is 0 Å². The van der Waals surface area contributed by atoms with E-state index < -0.39 is 6.04 Å². The van der Waals surface area contributed by atoms with E-state index in [0.29, 0.717) is 11.6 Å². The van der Waals surface area contributed by atoms with Crippen molar-refractivity contribution in [2.24, 2.45) is 5.73 Å². The van der Waals surface area contributed by atoms with Crippen LogP contribution in [0.1, 0.15) is 6.42 Å².